The van der Waals surface area contributed by atoms with Gasteiger partial charge in [-0.3, -0.25) is 9.59 Å². The summed E-state index contributed by atoms with van der Waals surface area (Å²) in [5, 5.41) is 48.0. The monoisotopic (exact) mass is 530 g/mol. The Morgan fingerprint density at radius 2 is 0.730 bits per heavy atom. The van der Waals surface area contributed by atoms with Crippen molar-refractivity contribution in [3.63, 3.8) is 0 Å². The van der Waals surface area contributed by atoms with Gasteiger partial charge in [0.05, 0.1) is 13.2 Å². The highest BCUT2D eigenvalue weighted by Crippen LogP contribution is 2.47. The van der Waals surface area contributed by atoms with E-state index in [-0.39, 0.29) is 32.7 Å². The van der Waals surface area contributed by atoms with Crippen molar-refractivity contribution in [3.05, 3.63) is 0 Å². The zero-order chi connectivity index (χ0) is 27.8. The summed E-state index contributed by atoms with van der Waals surface area (Å²) < 4.78 is 0. The molecule has 0 heterocycles. The number of hydrogen-bond acceptors (Lipinski definition) is 5. The van der Waals surface area contributed by atoms with Crippen molar-refractivity contribution in [1.29, 1.82) is 0 Å². The largest absolute Gasteiger partial charge is 0.481 e. The highest BCUT2D eigenvalue weighted by molar-refractivity contribution is 5.66. The van der Waals surface area contributed by atoms with E-state index >= 15 is 0 Å². The summed E-state index contributed by atoms with van der Waals surface area (Å²) in [5.74, 6) is -1.42. The van der Waals surface area contributed by atoms with Crippen LogP contribution in [0.2, 0.25) is 0 Å². The molecular formula is C30H58O7. The van der Waals surface area contributed by atoms with Gasteiger partial charge < -0.3 is 25.5 Å². The van der Waals surface area contributed by atoms with E-state index in [1.54, 1.807) is 0 Å². The van der Waals surface area contributed by atoms with Gasteiger partial charge in [0, 0.05) is 30.3 Å². The van der Waals surface area contributed by atoms with Gasteiger partial charge in [-0.05, 0) is 25.7 Å². The lowest BCUT2D eigenvalue weighted by molar-refractivity contribution is -0.138. The number of aliphatic hydroxyl groups is 3. The first-order valence-corrected chi connectivity index (χ1v) is 15.0. The second-order valence-corrected chi connectivity index (χ2v) is 11.5. The Bertz CT molecular complexity index is 524. The summed E-state index contributed by atoms with van der Waals surface area (Å²) in [6, 6.07) is 0. The molecule has 5 N–H and O–H groups in total. The Labute approximate surface area is 226 Å². The highest BCUT2D eigenvalue weighted by Gasteiger charge is 2.46. The summed E-state index contributed by atoms with van der Waals surface area (Å²) in [4.78, 5) is 21.1. The SMILES string of the molecule is CC(CO)(CO)C(CO)(CCCCCCCCCCCC(=O)O)CCCCCCCCCCCC(=O)O. The van der Waals surface area contributed by atoms with Crippen LogP contribution in [0.4, 0.5) is 0 Å². The number of carboxylic acid groups (broad SMARTS) is 2. The van der Waals surface area contributed by atoms with Crippen molar-refractivity contribution in [2.24, 2.45) is 10.8 Å². The van der Waals surface area contributed by atoms with Crippen molar-refractivity contribution >= 4 is 11.9 Å². The van der Waals surface area contributed by atoms with Gasteiger partial charge in [0.2, 0.25) is 0 Å². The standard InChI is InChI=1S/C30H58O7/c1-29(24-31,25-32)30(26-33,22-18-14-10-6-2-4-8-12-16-20-27(34)35)23-19-15-11-7-3-5-9-13-17-21-28(36)37/h31-33H,2-26H2,1H3,(H,34,35)(H,36,37). The van der Waals surface area contributed by atoms with E-state index in [1.165, 1.54) is 25.7 Å². The molecule has 0 saturated carbocycles. The van der Waals surface area contributed by atoms with Gasteiger partial charge >= 0.3 is 11.9 Å². The number of unbranched alkanes of at least 4 members (excludes halogenated alkanes) is 16. The Hall–Kier alpha value is -1.18. The first-order valence-electron chi connectivity index (χ1n) is 15.0. The van der Waals surface area contributed by atoms with Crippen molar-refractivity contribution in [1.82, 2.24) is 0 Å². The molecule has 0 aliphatic heterocycles. The van der Waals surface area contributed by atoms with E-state index in [0.717, 1.165) is 103 Å². The molecule has 0 radical (unpaired) electrons. The van der Waals surface area contributed by atoms with Crippen LogP contribution in [0.1, 0.15) is 148 Å². The molecule has 0 amide bonds. The summed E-state index contributed by atoms with van der Waals surface area (Å²) in [5.41, 5.74) is -1.17. The second kappa shape index (κ2) is 22.8. The molecule has 0 fully saturated rings. The normalized spacial score (nSPS) is 12.2. The first-order chi connectivity index (χ1) is 17.8. The molecule has 220 valence electrons. The first kappa shape index (κ1) is 35.8. The molecule has 0 aliphatic carbocycles. The van der Waals surface area contributed by atoms with E-state index < -0.39 is 22.8 Å². The van der Waals surface area contributed by atoms with Crippen LogP contribution in [0.3, 0.4) is 0 Å². The highest BCUT2D eigenvalue weighted by atomic mass is 16.4. The van der Waals surface area contributed by atoms with Crippen LogP contribution in [0, 0.1) is 10.8 Å². The number of hydrogen-bond donors (Lipinski definition) is 5. The van der Waals surface area contributed by atoms with Crippen molar-refractivity contribution < 1.29 is 35.1 Å². The maximum absolute atomic E-state index is 10.5. The summed E-state index contributed by atoms with van der Waals surface area (Å²) in [7, 11) is 0. The third-order valence-electron chi connectivity index (χ3n) is 8.37. The van der Waals surface area contributed by atoms with Crippen LogP contribution in [0.5, 0.6) is 0 Å². The molecule has 0 atom stereocenters. The van der Waals surface area contributed by atoms with Crippen LogP contribution in [-0.4, -0.2) is 57.3 Å². The zero-order valence-corrected chi connectivity index (χ0v) is 23.7. The smallest absolute Gasteiger partial charge is 0.303 e. The zero-order valence-electron chi connectivity index (χ0n) is 23.7. The van der Waals surface area contributed by atoms with Crippen molar-refractivity contribution in [2.75, 3.05) is 19.8 Å². The van der Waals surface area contributed by atoms with Crippen LogP contribution in [-0.2, 0) is 9.59 Å². The van der Waals surface area contributed by atoms with Gasteiger partial charge in [-0.2, -0.15) is 0 Å². The van der Waals surface area contributed by atoms with E-state index in [1.807, 2.05) is 6.92 Å². The quantitative estimate of drug-likeness (QED) is 0.0709. The van der Waals surface area contributed by atoms with Crippen LogP contribution < -0.4 is 0 Å². The Morgan fingerprint density at radius 3 is 0.973 bits per heavy atom. The van der Waals surface area contributed by atoms with Crippen LogP contribution in [0.15, 0.2) is 0 Å². The van der Waals surface area contributed by atoms with Crippen molar-refractivity contribution in [2.45, 2.75) is 148 Å². The maximum atomic E-state index is 10.5. The molecule has 0 spiro atoms. The molecule has 0 aliphatic rings. The van der Waals surface area contributed by atoms with Gasteiger partial charge in [0.25, 0.3) is 0 Å². The molecule has 0 aromatic heterocycles. The van der Waals surface area contributed by atoms with Gasteiger partial charge in [-0.15, -0.1) is 0 Å². The molecule has 0 saturated heterocycles. The van der Waals surface area contributed by atoms with Crippen LogP contribution in [0.25, 0.3) is 0 Å². The Balaban J connectivity index is 4.23. The molecule has 0 bridgehead atoms. The van der Waals surface area contributed by atoms with Gasteiger partial charge in [-0.25, -0.2) is 0 Å². The third-order valence-corrected chi connectivity index (χ3v) is 8.37. The third kappa shape index (κ3) is 17.1. The van der Waals surface area contributed by atoms with E-state index in [2.05, 4.69) is 0 Å². The summed E-state index contributed by atoms with van der Waals surface area (Å²) in [6.07, 6.45) is 21.3. The lowest BCUT2D eigenvalue weighted by Gasteiger charge is -2.46. The molecule has 0 aromatic carbocycles. The topological polar surface area (TPSA) is 135 Å². The van der Waals surface area contributed by atoms with Gasteiger partial charge in [-0.1, -0.05) is 110 Å². The average Bonchev–Trinajstić information content (AvgIpc) is 2.88. The van der Waals surface area contributed by atoms with Crippen molar-refractivity contribution in [3.8, 4) is 0 Å². The number of carbonyl (C=O) groups is 2. The van der Waals surface area contributed by atoms with E-state index in [0.29, 0.717) is 0 Å². The minimum Gasteiger partial charge on any atom is -0.481 e. The molecule has 0 rings (SSSR count). The summed E-state index contributed by atoms with van der Waals surface area (Å²) >= 11 is 0. The molecule has 7 nitrogen and oxygen atoms in total. The fourth-order valence-corrected chi connectivity index (χ4v) is 5.42. The minimum atomic E-state index is -0.712. The summed E-state index contributed by atoms with van der Waals surface area (Å²) in [6.45, 7) is 1.62. The predicted octanol–water partition coefficient (Wildman–Crippen LogP) is 6.71. The molecule has 37 heavy (non-hydrogen) atoms. The number of aliphatic carboxylic acids is 2. The van der Waals surface area contributed by atoms with Gasteiger partial charge in [0.1, 0.15) is 0 Å². The lowest BCUT2D eigenvalue weighted by Crippen LogP contribution is -2.48. The van der Waals surface area contributed by atoms with Gasteiger partial charge in [0.15, 0.2) is 0 Å². The fourth-order valence-electron chi connectivity index (χ4n) is 5.42. The Morgan fingerprint density at radius 1 is 0.459 bits per heavy atom. The molecule has 0 aromatic rings. The lowest BCUT2D eigenvalue weighted by atomic mass is 9.60. The second-order valence-electron chi connectivity index (χ2n) is 11.5. The molecular weight excluding hydrogens is 472 g/mol. The van der Waals surface area contributed by atoms with E-state index in [4.69, 9.17) is 10.2 Å². The fraction of sp³-hybridized carbons (Fsp3) is 0.933. The van der Waals surface area contributed by atoms with Crippen LogP contribution >= 0.6 is 0 Å². The predicted molar refractivity (Wildman–Crippen MR) is 149 cm³/mol. The number of aliphatic hydroxyl groups excluding tert-OH is 3. The van der Waals surface area contributed by atoms with E-state index in [9.17, 15) is 24.9 Å². The number of carboxylic acids is 2. The molecule has 7 heteroatoms. The Kier molecular flexibility index (Phi) is 22.0. The molecule has 0 unspecified atom stereocenters. The maximum Gasteiger partial charge on any atom is 0.303 e. The number of rotatable bonds is 28. The minimum absolute atomic E-state index is 0.0166. The average molecular weight is 531 g/mol.